The molecule has 0 aliphatic heterocycles. The first-order valence-electron chi connectivity index (χ1n) is 6.90. The molecular formula is C15H26O4. The van der Waals surface area contributed by atoms with Crippen molar-refractivity contribution in [3.63, 3.8) is 0 Å². The molecule has 0 aliphatic rings. The zero-order valence-electron chi connectivity index (χ0n) is 12.9. The van der Waals surface area contributed by atoms with Crippen molar-refractivity contribution < 1.29 is 19.1 Å². The average Bonchev–Trinajstić information content (AvgIpc) is 2.27. The number of carbonyl (C=O) groups excluding carboxylic acids is 2. The number of carbonyl (C=O) groups is 2. The third-order valence-corrected chi connectivity index (χ3v) is 2.57. The highest BCUT2D eigenvalue weighted by Crippen LogP contribution is 2.25. The van der Waals surface area contributed by atoms with E-state index in [1.807, 2.05) is 27.7 Å². The van der Waals surface area contributed by atoms with Gasteiger partial charge in [0.05, 0.1) is 19.1 Å². The normalized spacial score (nSPS) is 13.6. The molecule has 0 fully saturated rings. The van der Waals surface area contributed by atoms with Crippen molar-refractivity contribution in [3.05, 3.63) is 11.6 Å². The molecule has 1 unspecified atom stereocenters. The number of esters is 2. The molecule has 110 valence electrons. The molecule has 4 heteroatoms. The summed E-state index contributed by atoms with van der Waals surface area (Å²) >= 11 is 0. The van der Waals surface area contributed by atoms with Crippen molar-refractivity contribution in [3.8, 4) is 0 Å². The van der Waals surface area contributed by atoms with Gasteiger partial charge in [-0.1, -0.05) is 33.8 Å². The van der Waals surface area contributed by atoms with E-state index in [2.05, 4.69) is 0 Å². The van der Waals surface area contributed by atoms with E-state index in [1.54, 1.807) is 19.9 Å². The Hall–Kier alpha value is -1.32. The predicted octanol–water partition coefficient (Wildman–Crippen LogP) is 2.97. The lowest BCUT2D eigenvalue weighted by Gasteiger charge is -2.22. The first-order valence-corrected chi connectivity index (χ1v) is 6.90. The summed E-state index contributed by atoms with van der Waals surface area (Å²) in [6, 6.07) is 0. The van der Waals surface area contributed by atoms with E-state index < -0.39 is 11.9 Å². The molecule has 0 aromatic heterocycles. The first kappa shape index (κ1) is 17.7. The van der Waals surface area contributed by atoms with E-state index in [1.165, 1.54) is 0 Å². The highest BCUT2D eigenvalue weighted by molar-refractivity contribution is 5.95. The molecule has 0 spiro atoms. The van der Waals surface area contributed by atoms with E-state index in [4.69, 9.17) is 9.47 Å². The van der Waals surface area contributed by atoms with Crippen LogP contribution in [0.4, 0.5) is 0 Å². The van der Waals surface area contributed by atoms with Gasteiger partial charge in [-0.2, -0.15) is 0 Å². The molecule has 0 radical (unpaired) electrons. The van der Waals surface area contributed by atoms with Crippen LogP contribution in [0.3, 0.4) is 0 Å². The minimum absolute atomic E-state index is 0.0199. The van der Waals surface area contributed by atoms with E-state index in [9.17, 15) is 9.59 Å². The van der Waals surface area contributed by atoms with Gasteiger partial charge in [0.25, 0.3) is 0 Å². The third-order valence-electron chi connectivity index (χ3n) is 2.57. The van der Waals surface area contributed by atoms with Crippen LogP contribution in [0.15, 0.2) is 11.6 Å². The van der Waals surface area contributed by atoms with Crippen LogP contribution in [-0.4, -0.2) is 25.2 Å². The highest BCUT2D eigenvalue weighted by Gasteiger charge is 2.32. The van der Waals surface area contributed by atoms with Gasteiger partial charge < -0.3 is 9.47 Å². The van der Waals surface area contributed by atoms with Gasteiger partial charge in [0.1, 0.15) is 0 Å². The van der Waals surface area contributed by atoms with Crippen molar-refractivity contribution in [2.75, 3.05) is 13.2 Å². The fourth-order valence-corrected chi connectivity index (χ4v) is 1.86. The largest absolute Gasteiger partial charge is 0.466 e. The van der Waals surface area contributed by atoms with Crippen LogP contribution in [0.5, 0.6) is 0 Å². The van der Waals surface area contributed by atoms with Gasteiger partial charge in [0.2, 0.25) is 0 Å². The fraction of sp³-hybridized carbons (Fsp3) is 0.733. The quantitative estimate of drug-likeness (QED) is 0.527. The summed E-state index contributed by atoms with van der Waals surface area (Å²) in [5.41, 5.74) is 0.408. The Kier molecular flexibility index (Phi) is 8.12. The van der Waals surface area contributed by atoms with Crippen molar-refractivity contribution in [2.24, 2.45) is 17.8 Å². The molecule has 0 bridgehead atoms. The summed E-state index contributed by atoms with van der Waals surface area (Å²) in [6.07, 6.45) is 1.79. The van der Waals surface area contributed by atoms with Gasteiger partial charge in [-0.3, -0.25) is 4.79 Å². The van der Waals surface area contributed by atoms with E-state index >= 15 is 0 Å². The van der Waals surface area contributed by atoms with Crippen molar-refractivity contribution in [2.45, 2.75) is 41.5 Å². The molecule has 0 rings (SSSR count). The second-order valence-corrected chi connectivity index (χ2v) is 5.06. The third kappa shape index (κ3) is 5.90. The lowest BCUT2D eigenvalue weighted by Crippen LogP contribution is -2.29. The minimum Gasteiger partial charge on any atom is -0.466 e. The zero-order chi connectivity index (χ0) is 15.0. The summed E-state index contributed by atoms with van der Waals surface area (Å²) in [5.74, 6) is -1.22. The maximum absolute atomic E-state index is 12.0. The van der Waals surface area contributed by atoms with Gasteiger partial charge in [-0.15, -0.1) is 0 Å². The Morgan fingerprint density at radius 1 is 1.00 bits per heavy atom. The van der Waals surface area contributed by atoms with Gasteiger partial charge in [-0.05, 0) is 25.7 Å². The highest BCUT2D eigenvalue weighted by atomic mass is 16.5. The molecule has 0 amide bonds. The van der Waals surface area contributed by atoms with Crippen LogP contribution in [-0.2, 0) is 19.1 Å². The van der Waals surface area contributed by atoms with Crippen LogP contribution in [0.2, 0.25) is 0 Å². The minimum atomic E-state index is -0.568. The number of hydrogen-bond acceptors (Lipinski definition) is 4. The monoisotopic (exact) mass is 270 g/mol. The number of allylic oxidation sites excluding steroid dienone is 1. The Morgan fingerprint density at radius 2 is 1.53 bits per heavy atom. The van der Waals surface area contributed by atoms with Crippen LogP contribution >= 0.6 is 0 Å². The van der Waals surface area contributed by atoms with Gasteiger partial charge in [0, 0.05) is 5.57 Å². The number of ether oxygens (including phenoxy) is 2. The van der Waals surface area contributed by atoms with Gasteiger partial charge in [-0.25, -0.2) is 4.79 Å². The average molecular weight is 270 g/mol. The van der Waals surface area contributed by atoms with Crippen molar-refractivity contribution in [1.29, 1.82) is 0 Å². The summed E-state index contributed by atoms with van der Waals surface area (Å²) in [7, 11) is 0. The molecule has 0 aromatic carbocycles. The topological polar surface area (TPSA) is 52.6 Å². The lowest BCUT2D eigenvalue weighted by atomic mass is 9.86. The standard InChI is InChI=1S/C15H26O4/c1-7-18-14(16)12(9-10(3)4)13(11(5)6)15(17)19-8-2/h9-11,13H,7-8H2,1-6H3. The Balaban J connectivity index is 5.38. The molecule has 4 nitrogen and oxygen atoms in total. The molecule has 0 aliphatic carbocycles. The van der Waals surface area contributed by atoms with E-state index in [-0.39, 0.29) is 17.8 Å². The summed E-state index contributed by atoms with van der Waals surface area (Å²) in [5, 5.41) is 0. The molecule has 0 N–H and O–H groups in total. The molecule has 0 aromatic rings. The molecular weight excluding hydrogens is 244 g/mol. The van der Waals surface area contributed by atoms with Crippen LogP contribution < -0.4 is 0 Å². The molecule has 0 saturated heterocycles. The summed E-state index contributed by atoms with van der Waals surface area (Å²) in [4.78, 5) is 24.1. The molecule has 0 heterocycles. The van der Waals surface area contributed by atoms with Crippen molar-refractivity contribution >= 4 is 11.9 Å². The van der Waals surface area contributed by atoms with E-state index in [0.717, 1.165) is 0 Å². The van der Waals surface area contributed by atoms with Crippen molar-refractivity contribution in [1.82, 2.24) is 0 Å². The summed E-state index contributed by atoms with van der Waals surface area (Å²) < 4.78 is 10.1. The number of hydrogen-bond donors (Lipinski definition) is 0. The molecule has 19 heavy (non-hydrogen) atoms. The van der Waals surface area contributed by atoms with Crippen LogP contribution in [0.25, 0.3) is 0 Å². The van der Waals surface area contributed by atoms with Gasteiger partial charge >= 0.3 is 11.9 Å². The second-order valence-electron chi connectivity index (χ2n) is 5.06. The number of rotatable bonds is 7. The zero-order valence-corrected chi connectivity index (χ0v) is 12.9. The Bertz CT molecular complexity index is 329. The fourth-order valence-electron chi connectivity index (χ4n) is 1.86. The van der Waals surface area contributed by atoms with Crippen LogP contribution in [0.1, 0.15) is 41.5 Å². The smallest absolute Gasteiger partial charge is 0.334 e. The maximum atomic E-state index is 12.0. The molecule has 1 atom stereocenters. The molecule has 0 saturated carbocycles. The Morgan fingerprint density at radius 3 is 1.89 bits per heavy atom. The van der Waals surface area contributed by atoms with Crippen LogP contribution in [0, 0.1) is 17.8 Å². The predicted molar refractivity (Wildman–Crippen MR) is 74.5 cm³/mol. The van der Waals surface area contributed by atoms with E-state index in [0.29, 0.717) is 18.8 Å². The Labute approximate surface area is 116 Å². The first-order chi connectivity index (χ1) is 8.84. The lowest BCUT2D eigenvalue weighted by molar-refractivity contribution is -0.151. The maximum Gasteiger partial charge on any atom is 0.334 e. The SMILES string of the molecule is CCOC(=O)C(=CC(C)C)C(C(=O)OCC)C(C)C. The van der Waals surface area contributed by atoms with Gasteiger partial charge in [0.15, 0.2) is 0 Å². The second kappa shape index (κ2) is 8.73. The summed E-state index contributed by atoms with van der Waals surface area (Å²) in [6.45, 7) is 11.8.